The molecule has 2 aromatic heterocycles. The summed E-state index contributed by atoms with van der Waals surface area (Å²) in [6.07, 6.45) is 3.41. The second-order valence-electron chi connectivity index (χ2n) is 6.21. The van der Waals surface area contributed by atoms with Crippen molar-refractivity contribution in [3.8, 4) is 0 Å². The standard InChI is InChI=1S/C16H22N6O4/c1-10-18-4-5-21(10)8-14(23)22-6-11(15(24)17-2)12(7-22)16-19-13(9-25-3)20-26-16/h4-5,11-12H,6-9H2,1-3H3,(H,17,24)/t11-,12-/m1/s1. The highest BCUT2D eigenvalue weighted by atomic mass is 16.5. The Labute approximate surface area is 150 Å². The quantitative estimate of drug-likeness (QED) is 0.751. The minimum Gasteiger partial charge on any atom is -0.377 e. The molecule has 2 amide bonds. The van der Waals surface area contributed by atoms with Gasteiger partial charge in [-0.3, -0.25) is 9.59 Å². The van der Waals surface area contributed by atoms with Gasteiger partial charge in [0.1, 0.15) is 19.0 Å². The first kappa shape index (κ1) is 18.1. The molecule has 1 saturated heterocycles. The number of aromatic nitrogens is 4. The van der Waals surface area contributed by atoms with E-state index in [1.54, 1.807) is 28.9 Å². The molecule has 0 radical (unpaired) electrons. The summed E-state index contributed by atoms with van der Waals surface area (Å²) >= 11 is 0. The summed E-state index contributed by atoms with van der Waals surface area (Å²) in [6, 6.07) is 0. The molecule has 1 aliphatic heterocycles. The maximum atomic E-state index is 12.7. The van der Waals surface area contributed by atoms with Crippen molar-refractivity contribution in [2.45, 2.75) is 26.0 Å². The van der Waals surface area contributed by atoms with E-state index in [2.05, 4.69) is 20.4 Å². The summed E-state index contributed by atoms with van der Waals surface area (Å²) in [5.74, 6) is 0.495. The number of nitrogens with one attached hydrogen (secondary N) is 1. The Kier molecular flexibility index (Phi) is 5.31. The average molecular weight is 362 g/mol. The third kappa shape index (κ3) is 3.59. The lowest BCUT2D eigenvalue weighted by molar-refractivity contribution is -0.131. The van der Waals surface area contributed by atoms with Crippen LogP contribution < -0.4 is 5.32 Å². The fraction of sp³-hybridized carbons (Fsp3) is 0.562. The molecule has 1 fully saturated rings. The van der Waals surface area contributed by atoms with E-state index < -0.39 is 5.92 Å². The number of aryl methyl sites for hydroxylation is 1. The molecule has 10 nitrogen and oxygen atoms in total. The Morgan fingerprint density at radius 3 is 2.88 bits per heavy atom. The normalized spacial score (nSPS) is 19.7. The van der Waals surface area contributed by atoms with Crippen LogP contribution >= 0.6 is 0 Å². The van der Waals surface area contributed by atoms with Gasteiger partial charge in [-0.05, 0) is 6.92 Å². The lowest BCUT2D eigenvalue weighted by atomic mass is 9.95. The molecule has 1 N–H and O–H groups in total. The molecular weight excluding hydrogens is 340 g/mol. The number of carbonyl (C=O) groups is 2. The topological polar surface area (TPSA) is 115 Å². The molecule has 10 heteroatoms. The van der Waals surface area contributed by atoms with Gasteiger partial charge in [0, 0.05) is 39.6 Å². The second-order valence-corrected chi connectivity index (χ2v) is 6.21. The smallest absolute Gasteiger partial charge is 0.242 e. The predicted molar refractivity (Wildman–Crippen MR) is 88.9 cm³/mol. The van der Waals surface area contributed by atoms with Gasteiger partial charge >= 0.3 is 0 Å². The fourth-order valence-electron chi connectivity index (χ4n) is 3.13. The molecule has 26 heavy (non-hydrogen) atoms. The Morgan fingerprint density at radius 1 is 1.42 bits per heavy atom. The Morgan fingerprint density at radius 2 is 2.23 bits per heavy atom. The highest BCUT2D eigenvalue weighted by Crippen LogP contribution is 2.32. The number of nitrogens with zero attached hydrogens (tertiary/aromatic N) is 5. The van der Waals surface area contributed by atoms with E-state index in [4.69, 9.17) is 9.26 Å². The first-order valence-electron chi connectivity index (χ1n) is 8.32. The molecule has 0 unspecified atom stereocenters. The summed E-state index contributed by atoms with van der Waals surface area (Å²) in [5, 5.41) is 6.50. The number of rotatable bonds is 6. The molecule has 0 spiro atoms. The van der Waals surface area contributed by atoms with Crippen molar-refractivity contribution >= 4 is 11.8 Å². The van der Waals surface area contributed by atoms with Crippen molar-refractivity contribution in [1.29, 1.82) is 0 Å². The summed E-state index contributed by atoms with van der Waals surface area (Å²) in [5.41, 5.74) is 0. The number of likely N-dealkylation sites (tertiary alicyclic amines) is 1. The molecule has 3 rings (SSSR count). The van der Waals surface area contributed by atoms with Gasteiger partial charge in [0.15, 0.2) is 5.82 Å². The molecule has 0 aromatic carbocycles. The minimum atomic E-state index is -0.441. The molecule has 3 heterocycles. The van der Waals surface area contributed by atoms with Crippen LogP contribution in [-0.4, -0.2) is 63.7 Å². The first-order valence-corrected chi connectivity index (χ1v) is 8.32. The van der Waals surface area contributed by atoms with Gasteiger partial charge in [0.2, 0.25) is 17.7 Å². The monoisotopic (exact) mass is 362 g/mol. The molecule has 2 aromatic rings. The van der Waals surface area contributed by atoms with E-state index in [9.17, 15) is 9.59 Å². The minimum absolute atomic E-state index is 0.0841. The number of hydrogen-bond acceptors (Lipinski definition) is 7. The average Bonchev–Trinajstić information content (AvgIpc) is 3.34. The van der Waals surface area contributed by atoms with E-state index in [0.29, 0.717) is 24.8 Å². The number of hydrogen-bond donors (Lipinski definition) is 1. The van der Waals surface area contributed by atoms with Crippen LogP contribution in [0.1, 0.15) is 23.5 Å². The van der Waals surface area contributed by atoms with Gasteiger partial charge in [-0.15, -0.1) is 0 Å². The molecule has 0 aliphatic carbocycles. The van der Waals surface area contributed by atoms with Crippen LogP contribution in [0.2, 0.25) is 0 Å². The van der Waals surface area contributed by atoms with Crippen LogP contribution in [0.15, 0.2) is 16.9 Å². The number of imidazole rings is 1. The fourth-order valence-corrected chi connectivity index (χ4v) is 3.13. The van der Waals surface area contributed by atoms with Gasteiger partial charge in [-0.1, -0.05) is 5.16 Å². The van der Waals surface area contributed by atoms with E-state index in [0.717, 1.165) is 5.82 Å². The SMILES string of the molecule is CNC(=O)[C@@H]1CN(C(=O)Cn2ccnc2C)C[C@H]1c1nc(COC)no1. The molecular formula is C16H22N6O4. The van der Waals surface area contributed by atoms with Gasteiger partial charge in [-0.2, -0.15) is 4.98 Å². The van der Waals surface area contributed by atoms with E-state index >= 15 is 0 Å². The zero-order valence-corrected chi connectivity index (χ0v) is 15.0. The van der Waals surface area contributed by atoms with Crippen molar-refractivity contribution in [3.63, 3.8) is 0 Å². The van der Waals surface area contributed by atoms with E-state index in [1.807, 2.05) is 6.92 Å². The van der Waals surface area contributed by atoms with Crippen LogP contribution in [0, 0.1) is 12.8 Å². The zero-order chi connectivity index (χ0) is 18.7. The first-order chi connectivity index (χ1) is 12.5. The third-order valence-electron chi connectivity index (χ3n) is 4.56. The van der Waals surface area contributed by atoms with Crippen molar-refractivity contribution in [2.24, 2.45) is 5.92 Å². The molecule has 0 saturated carbocycles. The van der Waals surface area contributed by atoms with Gasteiger partial charge in [0.05, 0.1) is 11.8 Å². The van der Waals surface area contributed by atoms with Gasteiger partial charge < -0.3 is 24.0 Å². The largest absolute Gasteiger partial charge is 0.377 e. The highest BCUT2D eigenvalue weighted by Gasteiger charge is 2.43. The summed E-state index contributed by atoms with van der Waals surface area (Å²) < 4.78 is 12.1. The van der Waals surface area contributed by atoms with Gasteiger partial charge in [-0.25, -0.2) is 4.98 Å². The number of amides is 2. The summed E-state index contributed by atoms with van der Waals surface area (Å²) in [4.78, 5) is 35.0. The van der Waals surface area contributed by atoms with Gasteiger partial charge in [0.25, 0.3) is 0 Å². The molecule has 1 aliphatic rings. The van der Waals surface area contributed by atoms with E-state index in [1.165, 1.54) is 7.11 Å². The lowest BCUT2D eigenvalue weighted by Gasteiger charge is -2.16. The Bertz CT molecular complexity index is 785. The van der Waals surface area contributed by atoms with Crippen molar-refractivity contribution in [1.82, 2.24) is 29.9 Å². The van der Waals surface area contributed by atoms with Crippen LogP contribution in [-0.2, 0) is 27.5 Å². The maximum Gasteiger partial charge on any atom is 0.242 e. The maximum absolute atomic E-state index is 12.7. The molecule has 2 atom stereocenters. The summed E-state index contributed by atoms with van der Waals surface area (Å²) in [7, 11) is 3.11. The third-order valence-corrected chi connectivity index (χ3v) is 4.56. The predicted octanol–water partition coefficient (Wildman–Crippen LogP) is -0.291. The number of ether oxygens (including phenoxy) is 1. The Hall–Kier alpha value is -2.75. The summed E-state index contributed by atoms with van der Waals surface area (Å²) in [6.45, 7) is 2.89. The number of methoxy groups -OCH3 is 1. The van der Waals surface area contributed by atoms with Crippen molar-refractivity contribution in [2.75, 3.05) is 27.2 Å². The Balaban J connectivity index is 1.76. The zero-order valence-electron chi connectivity index (χ0n) is 15.0. The number of carbonyl (C=O) groups excluding carboxylic acids is 2. The van der Waals surface area contributed by atoms with Crippen LogP contribution in [0.25, 0.3) is 0 Å². The lowest BCUT2D eigenvalue weighted by Crippen LogP contribution is -2.35. The molecule has 0 bridgehead atoms. The van der Waals surface area contributed by atoms with Crippen molar-refractivity contribution in [3.05, 3.63) is 29.9 Å². The highest BCUT2D eigenvalue weighted by molar-refractivity contribution is 5.83. The van der Waals surface area contributed by atoms with Crippen LogP contribution in [0.3, 0.4) is 0 Å². The van der Waals surface area contributed by atoms with Crippen LogP contribution in [0.5, 0.6) is 0 Å². The van der Waals surface area contributed by atoms with Crippen molar-refractivity contribution < 1.29 is 18.8 Å². The molecule has 140 valence electrons. The second kappa shape index (κ2) is 7.65. The van der Waals surface area contributed by atoms with E-state index in [-0.39, 0.29) is 30.9 Å². The van der Waals surface area contributed by atoms with Crippen LogP contribution in [0.4, 0.5) is 0 Å².